The van der Waals surface area contributed by atoms with E-state index in [1.165, 1.54) is 0 Å². The van der Waals surface area contributed by atoms with E-state index in [4.69, 9.17) is 14.7 Å². The zero-order valence-electron chi connectivity index (χ0n) is 14.6. The summed E-state index contributed by atoms with van der Waals surface area (Å²) in [5, 5.41) is 33.3. The van der Waals surface area contributed by atoms with Crippen LogP contribution in [0.4, 0.5) is 0 Å². The van der Waals surface area contributed by atoms with Gasteiger partial charge in [0.1, 0.15) is 37.7 Å². The lowest BCUT2D eigenvalue weighted by molar-refractivity contribution is -0.758. The van der Waals surface area contributed by atoms with Gasteiger partial charge in [0.05, 0.1) is 12.2 Å². The van der Waals surface area contributed by atoms with E-state index in [1.54, 1.807) is 24.3 Å². The second-order valence-corrected chi connectivity index (χ2v) is 5.24. The van der Waals surface area contributed by atoms with E-state index in [0.29, 0.717) is 24.4 Å². The summed E-state index contributed by atoms with van der Waals surface area (Å²) in [5.41, 5.74) is 0.396. The molecule has 0 fully saturated rings. The Morgan fingerprint density at radius 1 is 1.33 bits per heavy atom. The molecule has 0 radical (unpaired) electrons. The molecule has 1 unspecified atom stereocenters. The molecule has 11 heteroatoms. The zero-order chi connectivity index (χ0) is 19.9. The Hall–Kier alpha value is -2.94. The largest absolute Gasteiger partial charge is 0.489 e. The first-order chi connectivity index (χ1) is 13.0. The predicted octanol–water partition coefficient (Wildman–Crippen LogP) is -0.771. The van der Waals surface area contributed by atoms with Gasteiger partial charge >= 0.3 is 0 Å². The summed E-state index contributed by atoms with van der Waals surface area (Å²) in [4.78, 5) is 25.3. The molecule has 148 valence electrons. The van der Waals surface area contributed by atoms with Crippen LogP contribution < -0.4 is 15.4 Å². The van der Waals surface area contributed by atoms with E-state index in [-0.39, 0.29) is 38.9 Å². The molecular formula is C16H22N4O7. The topological polar surface area (TPSA) is 156 Å². The number of nitrogens with zero attached hydrogens (tertiary/aromatic N) is 2. The minimum absolute atomic E-state index is 0.0259. The zero-order valence-corrected chi connectivity index (χ0v) is 14.6. The van der Waals surface area contributed by atoms with Gasteiger partial charge in [0.2, 0.25) is 5.91 Å². The monoisotopic (exact) mass is 382 g/mol. The Morgan fingerprint density at radius 2 is 2.11 bits per heavy atom. The molecule has 1 rings (SSSR count). The molecule has 0 heterocycles. The maximum absolute atomic E-state index is 11.4. The summed E-state index contributed by atoms with van der Waals surface area (Å²) in [6, 6.07) is 8.75. The van der Waals surface area contributed by atoms with Crippen molar-refractivity contribution in [1.29, 1.82) is 5.26 Å². The van der Waals surface area contributed by atoms with Crippen LogP contribution in [0.2, 0.25) is 0 Å². The van der Waals surface area contributed by atoms with Gasteiger partial charge in [-0.1, -0.05) is 12.1 Å². The first kappa shape index (κ1) is 22.1. The number of hydrogen-bond acceptors (Lipinski definition) is 9. The molecule has 1 aromatic carbocycles. The van der Waals surface area contributed by atoms with Crippen molar-refractivity contribution in [3.8, 4) is 11.8 Å². The van der Waals surface area contributed by atoms with Crippen molar-refractivity contribution in [2.24, 2.45) is 0 Å². The summed E-state index contributed by atoms with van der Waals surface area (Å²) >= 11 is 0. The van der Waals surface area contributed by atoms with Crippen molar-refractivity contribution in [2.45, 2.75) is 6.10 Å². The molecule has 0 saturated carbocycles. The van der Waals surface area contributed by atoms with Crippen molar-refractivity contribution < 1.29 is 29.3 Å². The molecular weight excluding hydrogens is 360 g/mol. The van der Waals surface area contributed by atoms with E-state index in [9.17, 15) is 20.0 Å². The molecule has 0 aromatic heterocycles. The first-order valence-electron chi connectivity index (χ1n) is 8.15. The molecule has 0 bridgehead atoms. The van der Waals surface area contributed by atoms with Crippen molar-refractivity contribution in [3.05, 3.63) is 39.9 Å². The third-order valence-corrected chi connectivity index (χ3v) is 3.10. The van der Waals surface area contributed by atoms with Gasteiger partial charge in [0, 0.05) is 19.6 Å². The fourth-order valence-corrected chi connectivity index (χ4v) is 1.88. The van der Waals surface area contributed by atoms with Crippen molar-refractivity contribution in [2.75, 3.05) is 46.1 Å². The SMILES string of the molecule is N#Cc1ccccc1OCC(O)CNCCNC(=O)COCCO[N+](=O)[O-]. The van der Waals surface area contributed by atoms with Gasteiger partial charge in [0.15, 0.2) is 0 Å². The molecule has 0 spiro atoms. The Bertz CT molecular complexity index is 635. The predicted molar refractivity (Wildman–Crippen MR) is 92.3 cm³/mol. The van der Waals surface area contributed by atoms with Crippen LogP contribution in [-0.4, -0.2) is 68.3 Å². The summed E-state index contributed by atoms with van der Waals surface area (Å²) < 4.78 is 10.3. The van der Waals surface area contributed by atoms with Gasteiger partial charge in [-0.3, -0.25) is 4.79 Å². The van der Waals surface area contributed by atoms with Crippen LogP contribution in [0.15, 0.2) is 24.3 Å². The molecule has 1 aromatic rings. The van der Waals surface area contributed by atoms with Gasteiger partial charge < -0.3 is 30.1 Å². The third-order valence-electron chi connectivity index (χ3n) is 3.10. The number of ether oxygens (including phenoxy) is 2. The van der Waals surface area contributed by atoms with Gasteiger partial charge in [-0.25, -0.2) is 0 Å². The number of para-hydroxylation sites is 1. The maximum Gasteiger partial charge on any atom is 0.294 e. The third kappa shape index (κ3) is 10.6. The molecule has 0 aliphatic carbocycles. The highest BCUT2D eigenvalue weighted by molar-refractivity contribution is 5.77. The van der Waals surface area contributed by atoms with E-state index < -0.39 is 11.2 Å². The Labute approximate surface area is 155 Å². The Morgan fingerprint density at radius 3 is 2.85 bits per heavy atom. The average molecular weight is 382 g/mol. The fraction of sp³-hybridized carbons (Fsp3) is 0.500. The lowest BCUT2D eigenvalue weighted by Crippen LogP contribution is -2.38. The Kier molecular flexibility index (Phi) is 10.9. The number of carbonyl (C=O) groups is 1. The number of rotatable bonds is 14. The quantitative estimate of drug-likeness (QED) is 0.213. The summed E-state index contributed by atoms with van der Waals surface area (Å²) in [7, 11) is 0. The van der Waals surface area contributed by atoms with E-state index in [1.807, 2.05) is 6.07 Å². The first-order valence-corrected chi connectivity index (χ1v) is 8.15. The number of nitrogens with one attached hydrogen (secondary N) is 2. The van der Waals surface area contributed by atoms with Gasteiger partial charge in [-0.2, -0.15) is 5.26 Å². The van der Waals surface area contributed by atoms with Crippen molar-refractivity contribution in [3.63, 3.8) is 0 Å². The number of amides is 1. The van der Waals surface area contributed by atoms with Crippen LogP contribution in [0.5, 0.6) is 5.75 Å². The van der Waals surface area contributed by atoms with Crippen LogP contribution in [0.3, 0.4) is 0 Å². The highest BCUT2D eigenvalue weighted by Crippen LogP contribution is 2.16. The van der Waals surface area contributed by atoms with Crippen molar-refractivity contribution in [1.82, 2.24) is 10.6 Å². The molecule has 3 N–H and O–H groups in total. The number of aliphatic hydroxyl groups is 1. The minimum atomic E-state index is -0.934. The lowest BCUT2D eigenvalue weighted by Gasteiger charge is -2.14. The van der Waals surface area contributed by atoms with Gasteiger partial charge in [0.25, 0.3) is 5.09 Å². The van der Waals surface area contributed by atoms with E-state index in [0.717, 1.165) is 0 Å². The smallest absolute Gasteiger partial charge is 0.294 e. The molecule has 0 saturated heterocycles. The van der Waals surface area contributed by atoms with Crippen LogP contribution in [0, 0.1) is 21.4 Å². The van der Waals surface area contributed by atoms with Crippen LogP contribution in [-0.2, 0) is 14.4 Å². The summed E-state index contributed by atoms with van der Waals surface area (Å²) in [6.45, 7) is 0.488. The van der Waals surface area contributed by atoms with E-state index >= 15 is 0 Å². The molecule has 0 aliphatic heterocycles. The molecule has 1 amide bonds. The number of hydrogen-bond donors (Lipinski definition) is 3. The standard InChI is InChI=1S/C16H22N4O7/c17-9-13-3-1-2-4-15(13)26-11-14(21)10-18-5-6-19-16(22)12-25-7-8-27-20(23)24/h1-4,14,18,21H,5-8,10-12H2,(H,19,22). The van der Waals surface area contributed by atoms with Crippen molar-refractivity contribution >= 4 is 5.91 Å². The molecule has 1 atom stereocenters. The normalized spacial score (nSPS) is 11.3. The highest BCUT2D eigenvalue weighted by atomic mass is 17.0. The van der Waals surface area contributed by atoms with Gasteiger partial charge in [-0.15, -0.1) is 10.1 Å². The molecule has 27 heavy (non-hydrogen) atoms. The van der Waals surface area contributed by atoms with Crippen LogP contribution in [0.1, 0.15) is 5.56 Å². The number of nitriles is 1. The highest BCUT2D eigenvalue weighted by Gasteiger charge is 2.08. The van der Waals surface area contributed by atoms with Gasteiger partial charge in [-0.05, 0) is 12.1 Å². The number of carbonyl (C=O) groups excluding carboxylic acids is 1. The lowest BCUT2D eigenvalue weighted by atomic mass is 10.2. The maximum atomic E-state index is 11.4. The summed E-state index contributed by atoms with van der Waals surface area (Å²) in [6.07, 6.45) is -0.780. The summed E-state index contributed by atoms with van der Waals surface area (Å²) in [5.74, 6) is 0.0461. The van der Waals surface area contributed by atoms with Crippen LogP contribution in [0.25, 0.3) is 0 Å². The minimum Gasteiger partial charge on any atom is -0.489 e. The van der Waals surface area contributed by atoms with Crippen LogP contribution >= 0.6 is 0 Å². The molecule has 0 aliphatic rings. The Balaban J connectivity index is 2.03. The molecule has 11 nitrogen and oxygen atoms in total. The fourth-order valence-electron chi connectivity index (χ4n) is 1.88. The van der Waals surface area contributed by atoms with E-state index in [2.05, 4.69) is 15.5 Å². The number of aliphatic hydroxyl groups excluding tert-OH is 1. The average Bonchev–Trinajstić information content (AvgIpc) is 2.65. The number of benzene rings is 1. The second kappa shape index (κ2) is 13.3. The second-order valence-electron chi connectivity index (χ2n) is 5.24.